The number of hydrogen-bond donors (Lipinski definition) is 1. The van der Waals surface area contributed by atoms with Crippen LogP contribution in [0.3, 0.4) is 0 Å². The molecular weight excluding hydrogens is 174 g/mol. The van der Waals surface area contributed by atoms with Crippen molar-refractivity contribution in [2.45, 2.75) is 0 Å². The summed E-state index contributed by atoms with van der Waals surface area (Å²) in [5.41, 5.74) is 5.46. The molecule has 0 bridgehead atoms. The van der Waals surface area contributed by atoms with E-state index in [4.69, 9.17) is 0 Å². The molecule has 1 N–H and O–H groups in total. The molecule has 0 saturated carbocycles. The van der Waals surface area contributed by atoms with Crippen LogP contribution in [0.25, 0.3) is 0 Å². The molecule has 3 nitrogen and oxygen atoms in total. The molecule has 68 valence electrons. The van der Waals surface area contributed by atoms with E-state index in [1.165, 1.54) is 0 Å². The fourth-order valence-electron chi connectivity index (χ4n) is 1.55. The fourth-order valence-corrected chi connectivity index (χ4v) is 1.55. The third-order valence-electron chi connectivity index (χ3n) is 2.26. The van der Waals surface area contributed by atoms with Gasteiger partial charge >= 0.3 is 0 Å². The van der Waals surface area contributed by atoms with E-state index < -0.39 is 0 Å². The normalized spacial score (nSPS) is 12.6. The van der Waals surface area contributed by atoms with E-state index >= 15 is 0 Å². The van der Waals surface area contributed by atoms with E-state index in [1.807, 2.05) is 53.5 Å². The van der Waals surface area contributed by atoms with Gasteiger partial charge in [0.2, 0.25) is 0 Å². The maximum absolute atomic E-state index is 4.36. The molecule has 14 heavy (non-hydrogen) atoms. The van der Waals surface area contributed by atoms with Gasteiger partial charge in [0, 0.05) is 18.0 Å². The molecular formula is C11H9N3. The van der Waals surface area contributed by atoms with Gasteiger partial charge in [-0.05, 0) is 18.2 Å². The molecule has 0 atom stereocenters. The molecule has 1 aliphatic rings. The molecule has 0 amide bonds. The van der Waals surface area contributed by atoms with Crippen LogP contribution in [0.2, 0.25) is 0 Å². The van der Waals surface area contributed by atoms with Crippen molar-refractivity contribution in [2.75, 3.05) is 5.43 Å². The number of benzene rings is 1. The van der Waals surface area contributed by atoms with Crippen molar-refractivity contribution in [1.82, 2.24) is 4.68 Å². The van der Waals surface area contributed by atoms with Crippen LogP contribution in [0.4, 0.5) is 11.5 Å². The Bertz CT molecular complexity index is 497. The Morgan fingerprint density at radius 1 is 1.07 bits per heavy atom. The Labute approximate surface area is 81.7 Å². The zero-order chi connectivity index (χ0) is 9.38. The summed E-state index contributed by atoms with van der Waals surface area (Å²) in [6, 6.07) is 12.0. The Balaban J connectivity index is 2.19. The lowest BCUT2D eigenvalue weighted by Gasteiger charge is -2.08. The number of rotatable bonds is 0. The zero-order valence-corrected chi connectivity index (χ0v) is 7.51. The number of nitrogens with zero attached hydrogens (tertiary/aromatic N) is 2. The lowest BCUT2D eigenvalue weighted by Crippen LogP contribution is -2.06. The van der Waals surface area contributed by atoms with Crippen LogP contribution in [-0.4, -0.2) is 10.9 Å². The summed E-state index contributed by atoms with van der Waals surface area (Å²) in [6.07, 6.45) is 3.83. The molecule has 0 saturated heterocycles. The second kappa shape index (κ2) is 2.73. The van der Waals surface area contributed by atoms with Crippen molar-refractivity contribution in [3.63, 3.8) is 0 Å². The van der Waals surface area contributed by atoms with Crippen molar-refractivity contribution in [2.24, 2.45) is 4.99 Å². The fraction of sp³-hybridized carbons (Fsp3) is 0. The van der Waals surface area contributed by atoms with Gasteiger partial charge < -0.3 is 0 Å². The lowest BCUT2D eigenvalue weighted by atomic mass is 10.2. The monoisotopic (exact) mass is 183 g/mol. The second-order valence-electron chi connectivity index (χ2n) is 3.19. The molecule has 3 rings (SSSR count). The highest BCUT2D eigenvalue weighted by Crippen LogP contribution is 2.21. The van der Waals surface area contributed by atoms with E-state index in [0.29, 0.717) is 0 Å². The van der Waals surface area contributed by atoms with Gasteiger partial charge in [0.25, 0.3) is 0 Å². The minimum atomic E-state index is 0.918. The highest BCUT2D eigenvalue weighted by Gasteiger charge is 2.05. The number of para-hydroxylation sites is 1. The first-order valence-electron chi connectivity index (χ1n) is 4.51. The summed E-state index contributed by atoms with van der Waals surface area (Å²) in [7, 11) is 0. The van der Waals surface area contributed by atoms with Crippen LogP contribution in [0.15, 0.2) is 47.6 Å². The molecule has 1 aromatic carbocycles. The van der Waals surface area contributed by atoms with Crippen molar-refractivity contribution in [1.29, 1.82) is 0 Å². The molecule has 2 heterocycles. The van der Waals surface area contributed by atoms with Gasteiger partial charge in [-0.15, -0.1) is 0 Å². The Morgan fingerprint density at radius 3 is 3.00 bits per heavy atom. The van der Waals surface area contributed by atoms with E-state index in [1.54, 1.807) is 0 Å². The van der Waals surface area contributed by atoms with E-state index in [-0.39, 0.29) is 0 Å². The first-order chi connectivity index (χ1) is 6.93. The molecule has 0 radical (unpaired) electrons. The highest BCUT2D eigenvalue weighted by atomic mass is 15.4. The van der Waals surface area contributed by atoms with Crippen LogP contribution < -0.4 is 5.43 Å². The van der Waals surface area contributed by atoms with Gasteiger partial charge in [-0.2, -0.15) is 0 Å². The summed E-state index contributed by atoms with van der Waals surface area (Å²) >= 11 is 0. The Hall–Kier alpha value is -2.03. The number of aromatic nitrogens is 1. The topological polar surface area (TPSA) is 29.3 Å². The predicted octanol–water partition coefficient (Wildman–Crippen LogP) is 2.43. The quantitative estimate of drug-likeness (QED) is 0.569. The van der Waals surface area contributed by atoms with Gasteiger partial charge in [-0.25, -0.2) is 9.67 Å². The van der Waals surface area contributed by atoms with E-state index in [9.17, 15) is 0 Å². The Morgan fingerprint density at radius 2 is 2.00 bits per heavy atom. The van der Waals surface area contributed by atoms with Crippen LogP contribution in [-0.2, 0) is 0 Å². The molecule has 2 aromatic rings. The summed E-state index contributed by atoms with van der Waals surface area (Å²) in [5.74, 6) is 0.918. The Kier molecular flexibility index (Phi) is 1.44. The maximum atomic E-state index is 4.36. The van der Waals surface area contributed by atoms with Gasteiger partial charge in [0.05, 0.1) is 5.69 Å². The SMILES string of the molecule is C1=Nc2cccn2Nc2ccccc21. The number of hydrogen-bond acceptors (Lipinski definition) is 2. The number of aliphatic imine (C=N–C) groups is 1. The average Bonchev–Trinajstić information content (AvgIpc) is 2.58. The first-order valence-corrected chi connectivity index (χ1v) is 4.51. The average molecular weight is 183 g/mol. The summed E-state index contributed by atoms with van der Waals surface area (Å²) < 4.78 is 1.91. The van der Waals surface area contributed by atoms with E-state index in [0.717, 1.165) is 17.1 Å². The zero-order valence-electron chi connectivity index (χ0n) is 7.51. The van der Waals surface area contributed by atoms with Crippen LogP contribution >= 0.6 is 0 Å². The summed E-state index contributed by atoms with van der Waals surface area (Å²) in [5, 5.41) is 0. The smallest absolute Gasteiger partial charge is 0.151 e. The third kappa shape index (κ3) is 1.03. The largest absolute Gasteiger partial charge is 0.292 e. The van der Waals surface area contributed by atoms with Crippen molar-refractivity contribution >= 4 is 17.7 Å². The highest BCUT2D eigenvalue weighted by molar-refractivity contribution is 5.89. The summed E-state index contributed by atoms with van der Waals surface area (Å²) in [4.78, 5) is 4.36. The third-order valence-corrected chi connectivity index (χ3v) is 2.26. The number of nitrogens with one attached hydrogen (secondary N) is 1. The van der Waals surface area contributed by atoms with E-state index in [2.05, 4.69) is 10.4 Å². The lowest BCUT2D eigenvalue weighted by molar-refractivity contribution is 0.973. The maximum Gasteiger partial charge on any atom is 0.151 e. The predicted molar refractivity (Wildman–Crippen MR) is 57.1 cm³/mol. The number of anilines is 1. The first kappa shape index (κ1) is 7.38. The van der Waals surface area contributed by atoms with Gasteiger partial charge in [-0.3, -0.25) is 5.43 Å². The molecule has 0 fully saturated rings. The van der Waals surface area contributed by atoms with Crippen molar-refractivity contribution < 1.29 is 0 Å². The van der Waals surface area contributed by atoms with Crippen molar-refractivity contribution in [3.05, 3.63) is 48.2 Å². The van der Waals surface area contributed by atoms with Gasteiger partial charge in [-0.1, -0.05) is 18.2 Å². The second-order valence-corrected chi connectivity index (χ2v) is 3.19. The van der Waals surface area contributed by atoms with Crippen molar-refractivity contribution in [3.8, 4) is 0 Å². The minimum Gasteiger partial charge on any atom is -0.292 e. The van der Waals surface area contributed by atoms with Crippen LogP contribution in [0, 0.1) is 0 Å². The van der Waals surface area contributed by atoms with Gasteiger partial charge in [0.15, 0.2) is 5.82 Å². The number of fused-ring (bicyclic) bond motifs is 2. The van der Waals surface area contributed by atoms with Crippen LogP contribution in [0.1, 0.15) is 5.56 Å². The summed E-state index contributed by atoms with van der Waals surface area (Å²) in [6.45, 7) is 0. The standard InChI is InChI=1S/C11H9N3/c1-2-5-10-9(4-1)8-12-11-6-3-7-14(11)13-10/h1-8,13H. The molecule has 0 unspecified atom stereocenters. The molecule has 1 aromatic heterocycles. The molecule has 0 aliphatic carbocycles. The minimum absolute atomic E-state index is 0.918. The van der Waals surface area contributed by atoms with Gasteiger partial charge in [0.1, 0.15) is 0 Å². The molecule has 0 spiro atoms. The van der Waals surface area contributed by atoms with Crippen LogP contribution in [0.5, 0.6) is 0 Å². The molecule has 1 aliphatic heterocycles. The molecule has 3 heteroatoms.